The van der Waals surface area contributed by atoms with Crippen molar-refractivity contribution in [1.29, 1.82) is 0 Å². The highest BCUT2D eigenvalue weighted by Gasteiger charge is 1.76. The van der Waals surface area contributed by atoms with E-state index in [-0.39, 0.29) is 14.9 Å². The van der Waals surface area contributed by atoms with Crippen LogP contribution in [0.25, 0.3) is 0 Å². The summed E-state index contributed by atoms with van der Waals surface area (Å²) in [4.78, 5) is 5.27. The van der Waals surface area contributed by atoms with Crippen LogP contribution in [0.1, 0.15) is 92.0 Å². The molecule has 0 amide bonds. The molecular formula is C33H59NOS. The van der Waals surface area contributed by atoms with E-state index in [0.717, 1.165) is 5.76 Å². The van der Waals surface area contributed by atoms with Crippen LogP contribution in [-0.4, -0.2) is 4.98 Å². The van der Waals surface area contributed by atoms with Gasteiger partial charge < -0.3 is 4.42 Å². The second-order valence-electron chi connectivity index (χ2n) is 5.63. The third-order valence-electron chi connectivity index (χ3n) is 3.08. The SMILES string of the molecule is C.C.CC.CC.CC.CC.Cc1ccccc1.Cc1cccnc1.Cc1ccco1.Cc1cccs1. The van der Waals surface area contributed by atoms with E-state index in [1.165, 1.54) is 16.0 Å². The molecule has 0 fully saturated rings. The number of nitrogens with zero attached hydrogens (tertiary/aromatic N) is 1. The van der Waals surface area contributed by atoms with Crippen LogP contribution < -0.4 is 0 Å². The summed E-state index contributed by atoms with van der Waals surface area (Å²) in [6, 6.07) is 22.2. The molecule has 0 unspecified atom stereocenters. The summed E-state index contributed by atoms with van der Waals surface area (Å²) in [7, 11) is 0. The molecule has 4 aromatic rings. The van der Waals surface area contributed by atoms with Gasteiger partial charge >= 0.3 is 0 Å². The maximum atomic E-state index is 4.83. The molecule has 0 N–H and O–H groups in total. The molecule has 4 rings (SSSR count). The summed E-state index contributed by atoms with van der Waals surface area (Å²) in [5.41, 5.74) is 2.53. The Hall–Kier alpha value is -2.65. The molecule has 1 aromatic carbocycles. The molecule has 0 aliphatic carbocycles. The lowest BCUT2D eigenvalue weighted by molar-refractivity contribution is 0.534. The standard InChI is InChI=1S/C7H8.C6H7N.C5H6O.C5H6S.4C2H6.2CH4/c1-7-5-3-2-4-6-7;1-6-3-2-4-7-5-6;2*1-5-3-2-4-6-5;4*1-2;;/h2-6H,1H3;2-5H,1H3;2*2-4H,1H3;4*1-2H3;2*1H4. The van der Waals surface area contributed by atoms with Crippen LogP contribution in [0.5, 0.6) is 0 Å². The molecule has 3 aromatic heterocycles. The van der Waals surface area contributed by atoms with E-state index in [4.69, 9.17) is 4.42 Å². The van der Waals surface area contributed by atoms with Crippen molar-refractivity contribution in [2.75, 3.05) is 0 Å². The summed E-state index contributed by atoms with van der Waals surface area (Å²) in [5, 5.41) is 2.08. The van der Waals surface area contributed by atoms with E-state index < -0.39 is 0 Å². The topological polar surface area (TPSA) is 26.0 Å². The van der Waals surface area contributed by atoms with Gasteiger partial charge in [-0.2, -0.15) is 0 Å². The normalized spacial score (nSPS) is 7.00. The van der Waals surface area contributed by atoms with Crippen molar-refractivity contribution in [3.8, 4) is 0 Å². The monoisotopic (exact) mass is 517 g/mol. The highest BCUT2D eigenvalue weighted by Crippen LogP contribution is 2.03. The molecule has 0 bridgehead atoms. The van der Waals surface area contributed by atoms with E-state index >= 15 is 0 Å². The summed E-state index contributed by atoms with van der Waals surface area (Å²) in [6.45, 7) is 24.1. The average molecular weight is 518 g/mol. The highest BCUT2D eigenvalue weighted by molar-refractivity contribution is 7.09. The number of hydrogen-bond donors (Lipinski definition) is 0. The van der Waals surface area contributed by atoms with Crippen molar-refractivity contribution in [1.82, 2.24) is 4.98 Å². The van der Waals surface area contributed by atoms with E-state index in [0.29, 0.717) is 0 Å². The van der Waals surface area contributed by atoms with E-state index in [2.05, 4.69) is 48.5 Å². The number of benzene rings is 1. The second kappa shape index (κ2) is 42.5. The smallest absolute Gasteiger partial charge is 0.100 e. The van der Waals surface area contributed by atoms with Gasteiger partial charge in [-0.1, -0.05) is 118 Å². The minimum atomic E-state index is 0. The van der Waals surface area contributed by atoms with E-state index in [1.807, 2.05) is 118 Å². The van der Waals surface area contributed by atoms with Crippen LogP contribution >= 0.6 is 11.3 Å². The Morgan fingerprint density at radius 1 is 0.583 bits per heavy atom. The largest absolute Gasteiger partial charge is 0.470 e. The fourth-order valence-corrected chi connectivity index (χ4v) is 2.23. The van der Waals surface area contributed by atoms with Gasteiger partial charge in [0.15, 0.2) is 0 Å². The molecular weight excluding hydrogens is 458 g/mol. The lowest BCUT2D eigenvalue weighted by atomic mass is 10.2. The molecule has 0 saturated heterocycles. The molecule has 0 radical (unpaired) electrons. The first-order chi connectivity index (χ1) is 16.6. The number of furan rings is 1. The Bertz CT molecular complexity index is 695. The predicted octanol–water partition coefficient (Wildman–Crippen LogP) is 12.4. The molecule has 0 spiro atoms. The lowest BCUT2D eigenvalue weighted by Gasteiger charge is -1.82. The van der Waals surface area contributed by atoms with Gasteiger partial charge in [0.05, 0.1) is 6.26 Å². The summed E-state index contributed by atoms with van der Waals surface area (Å²) in [6.07, 6.45) is 5.27. The van der Waals surface area contributed by atoms with Crippen LogP contribution in [0.2, 0.25) is 0 Å². The molecule has 36 heavy (non-hydrogen) atoms. The molecule has 2 nitrogen and oxygen atoms in total. The first-order valence-corrected chi connectivity index (χ1v) is 13.3. The van der Waals surface area contributed by atoms with Crippen molar-refractivity contribution < 1.29 is 4.42 Å². The van der Waals surface area contributed by atoms with Gasteiger partial charge in [-0.05, 0) is 62.9 Å². The number of aromatic nitrogens is 1. The third kappa shape index (κ3) is 38.6. The molecule has 3 heteroatoms. The molecule has 3 heterocycles. The Labute approximate surface area is 230 Å². The zero-order chi connectivity index (χ0) is 27.0. The molecule has 208 valence electrons. The minimum absolute atomic E-state index is 0. The number of pyridine rings is 1. The summed E-state index contributed by atoms with van der Waals surface area (Å²) < 4.78 is 4.83. The summed E-state index contributed by atoms with van der Waals surface area (Å²) >= 11 is 1.78. The molecule has 0 atom stereocenters. The fourth-order valence-electron chi connectivity index (χ4n) is 1.70. The van der Waals surface area contributed by atoms with E-state index in [9.17, 15) is 0 Å². The number of thiophene rings is 1. The lowest BCUT2D eigenvalue weighted by Crippen LogP contribution is -1.69. The van der Waals surface area contributed by atoms with Gasteiger partial charge in [0.25, 0.3) is 0 Å². The maximum Gasteiger partial charge on any atom is 0.100 e. The summed E-state index contributed by atoms with van der Waals surface area (Å²) in [5.74, 6) is 0.968. The minimum Gasteiger partial charge on any atom is -0.470 e. The zero-order valence-corrected chi connectivity index (χ0v) is 24.7. The van der Waals surface area contributed by atoms with Gasteiger partial charge in [-0.3, -0.25) is 4.98 Å². The van der Waals surface area contributed by atoms with Gasteiger partial charge in [0, 0.05) is 17.3 Å². The Balaban J connectivity index is -0.0000000750. The van der Waals surface area contributed by atoms with Gasteiger partial charge in [-0.15, -0.1) is 11.3 Å². The number of aryl methyl sites for hydroxylation is 4. The van der Waals surface area contributed by atoms with Crippen molar-refractivity contribution in [2.24, 2.45) is 0 Å². The van der Waals surface area contributed by atoms with Crippen LogP contribution in [0.3, 0.4) is 0 Å². The Kier molecular flexibility index (Phi) is 55.1. The Morgan fingerprint density at radius 2 is 1.11 bits per heavy atom. The van der Waals surface area contributed by atoms with Gasteiger partial charge in [0.1, 0.15) is 5.76 Å². The maximum absolute atomic E-state index is 4.83. The van der Waals surface area contributed by atoms with Gasteiger partial charge in [0.2, 0.25) is 0 Å². The predicted molar refractivity (Wildman–Crippen MR) is 172 cm³/mol. The first kappa shape index (κ1) is 46.7. The van der Waals surface area contributed by atoms with Gasteiger partial charge in [-0.25, -0.2) is 0 Å². The first-order valence-electron chi connectivity index (χ1n) is 12.5. The molecule has 0 aliphatic rings. The van der Waals surface area contributed by atoms with Crippen molar-refractivity contribution in [3.05, 3.63) is 113 Å². The fraction of sp³-hybridized carbons (Fsp3) is 0.424. The third-order valence-corrected chi connectivity index (χ3v) is 3.88. The van der Waals surface area contributed by atoms with Crippen LogP contribution in [0.15, 0.2) is 95.2 Å². The average Bonchev–Trinajstić information content (AvgIpc) is 3.60. The van der Waals surface area contributed by atoms with Crippen LogP contribution in [-0.2, 0) is 0 Å². The molecule has 0 aliphatic heterocycles. The number of hydrogen-bond acceptors (Lipinski definition) is 3. The van der Waals surface area contributed by atoms with Crippen molar-refractivity contribution in [3.63, 3.8) is 0 Å². The van der Waals surface area contributed by atoms with Crippen molar-refractivity contribution >= 4 is 11.3 Å². The highest BCUT2D eigenvalue weighted by atomic mass is 32.1. The van der Waals surface area contributed by atoms with E-state index in [1.54, 1.807) is 23.8 Å². The molecule has 0 saturated carbocycles. The quantitative estimate of drug-likeness (QED) is 0.232. The Morgan fingerprint density at radius 3 is 1.28 bits per heavy atom. The zero-order valence-electron chi connectivity index (χ0n) is 23.9. The van der Waals surface area contributed by atoms with Crippen molar-refractivity contribution in [2.45, 2.75) is 97.9 Å². The van der Waals surface area contributed by atoms with Crippen LogP contribution in [0.4, 0.5) is 0 Å². The second-order valence-corrected chi connectivity index (χ2v) is 6.78. The number of rotatable bonds is 0. The van der Waals surface area contributed by atoms with Crippen LogP contribution in [0, 0.1) is 27.7 Å².